The smallest absolute Gasteiger partial charge is 0.340 e. The molecule has 6 heteroatoms. The molecule has 3 rings (SSSR count). The van der Waals surface area contributed by atoms with Gasteiger partial charge in [-0.25, -0.2) is 9.69 Å². The summed E-state index contributed by atoms with van der Waals surface area (Å²) >= 11 is 0. The molecule has 1 aromatic carbocycles. The molecule has 0 aliphatic carbocycles. The summed E-state index contributed by atoms with van der Waals surface area (Å²) in [4.78, 5) is 40.6. The minimum absolute atomic E-state index is 0.178. The van der Waals surface area contributed by atoms with Gasteiger partial charge in [0, 0.05) is 24.8 Å². The van der Waals surface area contributed by atoms with E-state index in [-0.39, 0.29) is 29.7 Å². The molecule has 2 amide bonds. The molecule has 1 unspecified atom stereocenters. The van der Waals surface area contributed by atoms with Crippen LogP contribution in [0.2, 0.25) is 0 Å². The van der Waals surface area contributed by atoms with E-state index in [1.807, 2.05) is 0 Å². The number of hydrogen-bond acceptors (Lipinski definition) is 5. The summed E-state index contributed by atoms with van der Waals surface area (Å²) in [5.41, 5.74) is 0.599. The number of likely N-dealkylation sites (tertiary alicyclic amines) is 1. The van der Waals surface area contributed by atoms with Gasteiger partial charge in [0.25, 0.3) is 0 Å². The van der Waals surface area contributed by atoms with Crippen molar-refractivity contribution in [3.05, 3.63) is 29.8 Å². The number of esters is 1. The van der Waals surface area contributed by atoms with E-state index in [0.717, 1.165) is 37.4 Å². The van der Waals surface area contributed by atoms with Gasteiger partial charge in [-0.15, -0.1) is 0 Å². The highest BCUT2D eigenvalue weighted by Gasteiger charge is 2.38. The highest BCUT2D eigenvalue weighted by molar-refractivity contribution is 6.22. The normalized spacial score (nSPS) is 24.2. The molecule has 6 nitrogen and oxygen atoms in total. The van der Waals surface area contributed by atoms with Crippen molar-refractivity contribution in [2.45, 2.75) is 33.1 Å². The summed E-state index contributed by atoms with van der Waals surface area (Å²) in [7, 11) is 0. The molecule has 26 heavy (non-hydrogen) atoms. The molecule has 0 radical (unpaired) electrons. The average molecular weight is 358 g/mol. The Bertz CT molecular complexity index is 703. The van der Waals surface area contributed by atoms with Gasteiger partial charge in [0.15, 0.2) is 0 Å². The Balaban J connectivity index is 1.70. The van der Waals surface area contributed by atoms with Crippen LogP contribution in [0.15, 0.2) is 24.3 Å². The number of rotatable bonds is 5. The Hall–Kier alpha value is -2.21. The molecule has 2 heterocycles. The second kappa shape index (κ2) is 7.99. The van der Waals surface area contributed by atoms with E-state index in [2.05, 4.69) is 11.8 Å². The lowest BCUT2D eigenvalue weighted by atomic mass is 9.99. The van der Waals surface area contributed by atoms with Crippen LogP contribution in [0.25, 0.3) is 0 Å². The van der Waals surface area contributed by atoms with Gasteiger partial charge in [-0.3, -0.25) is 9.59 Å². The number of para-hydroxylation sites is 1. The molecule has 2 atom stereocenters. The van der Waals surface area contributed by atoms with Crippen LogP contribution in [0, 0.1) is 11.8 Å². The SMILES string of the molecule is CCN1CCCC(COC(=O)c2ccccc2N2C(=O)C[C@H](C)C2=O)C1. The van der Waals surface area contributed by atoms with Crippen molar-refractivity contribution in [2.24, 2.45) is 11.8 Å². The summed E-state index contributed by atoms with van der Waals surface area (Å²) < 4.78 is 5.54. The largest absolute Gasteiger partial charge is 0.462 e. The molecule has 0 N–H and O–H groups in total. The fourth-order valence-electron chi connectivity index (χ4n) is 3.72. The van der Waals surface area contributed by atoms with Crippen molar-refractivity contribution in [3.8, 4) is 0 Å². The first-order valence-corrected chi connectivity index (χ1v) is 9.36. The number of imide groups is 1. The van der Waals surface area contributed by atoms with Crippen LogP contribution < -0.4 is 4.90 Å². The van der Waals surface area contributed by atoms with Crippen LogP contribution in [0.4, 0.5) is 5.69 Å². The number of amides is 2. The van der Waals surface area contributed by atoms with Crippen LogP contribution >= 0.6 is 0 Å². The average Bonchev–Trinajstić information content (AvgIpc) is 2.91. The predicted molar refractivity (Wildman–Crippen MR) is 97.8 cm³/mol. The molecular formula is C20H26N2O4. The van der Waals surface area contributed by atoms with Gasteiger partial charge < -0.3 is 9.64 Å². The predicted octanol–water partition coefficient (Wildman–Crippen LogP) is 2.47. The molecule has 0 bridgehead atoms. The molecule has 1 aromatic rings. The molecule has 140 valence electrons. The molecule has 0 saturated carbocycles. The summed E-state index contributed by atoms with van der Waals surface area (Å²) in [5.74, 6) is -1.03. The lowest BCUT2D eigenvalue weighted by Crippen LogP contribution is -2.37. The number of benzene rings is 1. The minimum atomic E-state index is -0.477. The second-order valence-electron chi connectivity index (χ2n) is 7.19. The number of piperidine rings is 1. The zero-order valence-corrected chi connectivity index (χ0v) is 15.4. The molecule has 0 spiro atoms. The summed E-state index contributed by atoms with van der Waals surface area (Å²) in [6.07, 6.45) is 2.34. The standard InChI is InChI=1S/C20H26N2O4/c1-3-21-10-6-7-15(12-21)13-26-20(25)16-8-4-5-9-17(16)22-18(23)11-14(2)19(22)24/h4-5,8-9,14-15H,3,6-7,10-13H2,1-2H3/t14-,15?/m0/s1. The third-order valence-electron chi connectivity index (χ3n) is 5.24. The minimum Gasteiger partial charge on any atom is -0.462 e. The van der Waals surface area contributed by atoms with E-state index in [4.69, 9.17) is 4.74 Å². The zero-order valence-electron chi connectivity index (χ0n) is 15.4. The van der Waals surface area contributed by atoms with E-state index in [9.17, 15) is 14.4 Å². The van der Waals surface area contributed by atoms with Gasteiger partial charge in [0.2, 0.25) is 11.8 Å². The van der Waals surface area contributed by atoms with Gasteiger partial charge in [-0.1, -0.05) is 26.0 Å². The van der Waals surface area contributed by atoms with Crippen molar-refractivity contribution >= 4 is 23.5 Å². The molecule has 2 aliphatic heterocycles. The number of hydrogen-bond donors (Lipinski definition) is 0. The third kappa shape index (κ3) is 3.80. The molecule has 0 aromatic heterocycles. The highest BCUT2D eigenvalue weighted by atomic mass is 16.5. The molecule has 2 fully saturated rings. The van der Waals surface area contributed by atoms with Crippen molar-refractivity contribution < 1.29 is 19.1 Å². The maximum absolute atomic E-state index is 12.6. The monoisotopic (exact) mass is 358 g/mol. The van der Waals surface area contributed by atoms with Crippen molar-refractivity contribution in [3.63, 3.8) is 0 Å². The summed E-state index contributed by atoms with van der Waals surface area (Å²) in [5, 5.41) is 0. The maximum atomic E-state index is 12.6. The zero-order chi connectivity index (χ0) is 18.7. The van der Waals surface area contributed by atoms with E-state index in [1.165, 1.54) is 0 Å². The fraction of sp³-hybridized carbons (Fsp3) is 0.550. The van der Waals surface area contributed by atoms with Crippen LogP contribution in [0.3, 0.4) is 0 Å². The molecule has 2 saturated heterocycles. The van der Waals surface area contributed by atoms with Gasteiger partial charge >= 0.3 is 5.97 Å². The summed E-state index contributed by atoms with van der Waals surface area (Å²) in [6.45, 7) is 7.26. The van der Waals surface area contributed by atoms with Crippen LogP contribution in [0.1, 0.15) is 43.5 Å². The first kappa shape index (κ1) is 18.6. The van der Waals surface area contributed by atoms with Crippen LogP contribution in [-0.2, 0) is 14.3 Å². The highest BCUT2D eigenvalue weighted by Crippen LogP contribution is 2.29. The Kier molecular flexibility index (Phi) is 5.71. The molecule has 2 aliphatic rings. The Morgan fingerprint density at radius 1 is 1.27 bits per heavy atom. The van der Waals surface area contributed by atoms with Crippen molar-refractivity contribution in [1.29, 1.82) is 0 Å². The van der Waals surface area contributed by atoms with Crippen LogP contribution in [-0.4, -0.2) is 48.9 Å². The number of nitrogens with zero attached hydrogens (tertiary/aromatic N) is 2. The van der Waals surface area contributed by atoms with E-state index in [1.54, 1.807) is 31.2 Å². The maximum Gasteiger partial charge on any atom is 0.340 e. The van der Waals surface area contributed by atoms with Gasteiger partial charge in [0.05, 0.1) is 17.9 Å². The second-order valence-corrected chi connectivity index (χ2v) is 7.19. The first-order chi connectivity index (χ1) is 12.5. The lowest BCUT2D eigenvalue weighted by molar-refractivity contribution is -0.122. The van der Waals surface area contributed by atoms with Crippen molar-refractivity contribution in [2.75, 3.05) is 31.1 Å². The number of carbonyl (C=O) groups is 3. The Labute approximate surface area is 154 Å². The number of carbonyl (C=O) groups excluding carboxylic acids is 3. The van der Waals surface area contributed by atoms with Gasteiger partial charge in [0.1, 0.15) is 0 Å². The third-order valence-corrected chi connectivity index (χ3v) is 5.24. The van der Waals surface area contributed by atoms with E-state index in [0.29, 0.717) is 18.2 Å². The summed E-state index contributed by atoms with van der Waals surface area (Å²) in [6, 6.07) is 6.67. The van der Waals surface area contributed by atoms with Gasteiger partial charge in [-0.05, 0) is 38.1 Å². The topological polar surface area (TPSA) is 66.9 Å². The first-order valence-electron chi connectivity index (χ1n) is 9.36. The quantitative estimate of drug-likeness (QED) is 0.597. The fourth-order valence-corrected chi connectivity index (χ4v) is 3.72. The molecular weight excluding hydrogens is 332 g/mol. The number of ether oxygens (including phenoxy) is 1. The lowest BCUT2D eigenvalue weighted by Gasteiger charge is -2.31. The van der Waals surface area contributed by atoms with E-state index < -0.39 is 5.97 Å². The Morgan fingerprint density at radius 2 is 2.04 bits per heavy atom. The van der Waals surface area contributed by atoms with Crippen molar-refractivity contribution in [1.82, 2.24) is 4.90 Å². The Morgan fingerprint density at radius 3 is 2.73 bits per heavy atom. The van der Waals surface area contributed by atoms with E-state index >= 15 is 0 Å². The number of anilines is 1. The van der Waals surface area contributed by atoms with Crippen LogP contribution in [0.5, 0.6) is 0 Å². The van der Waals surface area contributed by atoms with Gasteiger partial charge in [-0.2, -0.15) is 0 Å².